The predicted octanol–water partition coefficient (Wildman–Crippen LogP) is 4.42. The lowest BCUT2D eigenvalue weighted by molar-refractivity contribution is -0.139. The van der Waals surface area contributed by atoms with Crippen molar-refractivity contribution in [2.24, 2.45) is 0 Å². The molecule has 24 heavy (non-hydrogen) atoms. The second-order valence-corrected chi connectivity index (χ2v) is 7.13. The molecular formula is C14H10BrF4NO3S. The topological polar surface area (TPSA) is 55.4 Å². The number of alkyl halides is 3. The highest BCUT2D eigenvalue weighted by molar-refractivity contribution is 9.10. The van der Waals surface area contributed by atoms with Gasteiger partial charge in [-0.05, 0) is 52.3 Å². The van der Waals surface area contributed by atoms with E-state index in [1.165, 1.54) is 25.3 Å². The third kappa shape index (κ3) is 3.99. The first-order valence-corrected chi connectivity index (χ1v) is 8.55. The maximum absolute atomic E-state index is 13.2. The van der Waals surface area contributed by atoms with E-state index in [0.29, 0.717) is 22.4 Å². The molecule has 0 aliphatic carbocycles. The van der Waals surface area contributed by atoms with E-state index in [1.807, 2.05) is 4.72 Å². The summed E-state index contributed by atoms with van der Waals surface area (Å²) in [7, 11) is -2.77. The summed E-state index contributed by atoms with van der Waals surface area (Å²) >= 11 is 3.12. The van der Waals surface area contributed by atoms with Crippen LogP contribution in [0.25, 0.3) is 0 Å². The van der Waals surface area contributed by atoms with Gasteiger partial charge in [0, 0.05) is 5.69 Å². The second kappa shape index (κ2) is 6.60. The van der Waals surface area contributed by atoms with E-state index in [1.54, 1.807) is 0 Å². The van der Waals surface area contributed by atoms with Crippen LogP contribution in [0.5, 0.6) is 5.75 Å². The van der Waals surface area contributed by atoms with Crippen LogP contribution in [0.1, 0.15) is 5.56 Å². The molecule has 0 unspecified atom stereocenters. The van der Waals surface area contributed by atoms with Gasteiger partial charge in [-0.3, -0.25) is 4.72 Å². The zero-order valence-electron chi connectivity index (χ0n) is 12.0. The molecule has 2 aromatic rings. The summed E-state index contributed by atoms with van der Waals surface area (Å²) in [5.74, 6) is -1.10. The van der Waals surface area contributed by atoms with Crippen molar-refractivity contribution >= 4 is 31.6 Å². The zero-order chi connectivity index (χ0) is 18.1. The Morgan fingerprint density at radius 3 is 2.33 bits per heavy atom. The maximum Gasteiger partial charge on any atom is 0.419 e. The average Bonchev–Trinajstić information content (AvgIpc) is 2.47. The number of halogens is 5. The molecule has 0 aliphatic heterocycles. The number of hydrogen-bond acceptors (Lipinski definition) is 3. The minimum Gasteiger partial charge on any atom is -0.496 e. The number of hydrogen-bond donors (Lipinski definition) is 1. The van der Waals surface area contributed by atoms with Gasteiger partial charge in [-0.2, -0.15) is 13.2 Å². The van der Waals surface area contributed by atoms with Crippen molar-refractivity contribution in [2.45, 2.75) is 11.1 Å². The van der Waals surface area contributed by atoms with E-state index in [9.17, 15) is 26.0 Å². The van der Waals surface area contributed by atoms with Crippen molar-refractivity contribution in [3.63, 3.8) is 0 Å². The molecular weight excluding hydrogens is 418 g/mol. The van der Waals surface area contributed by atoms with Gasteiger partial charge < -0.3 is 4.74 Å². The Kier molecular flexibility index (Phi) is 5.09. The molecule has 0 atom stereocenters. The molecule has 0 amide bonds. The third-order valence-corrected chi connectivity index (χ3v) is 4.96. The first-order chi connectivity index (χ1) is 11.0. The Morgan fingerprint density at radius 2 is 1.79 bits per heavy atom. The standard InChI is InChI=1S/C14H10BrF4NO3S/c1-23-13-5-3-9(7-11(13)15)24(21,22)20-8-2-4-12(16)10(6-8)14(17,18)19/h2-7,20H,1H3. The molecule has 0 radical (unpaired) electrons. The maximum atomic E-state index is 13.2. The van der Waals surface area contributed by atoms with Crippen LogP contribution in [0.15, 0.2) is 45.8 Å². The van der Waals surface area contributed by atoms with Crippen molar-refractivity contribution in [2.75, 3.05) is 11.8 Å². The molecule has 2 aromatic carbocycles. The molecule has 1 N–H and O–H groups in total. The SMILES string of the molecule is COc1ccc(S(=O)(=O)Nc2ccc(F)c(C(F)(F)F)c2)cc1Br. The van der Waals surface area contributed by atoms with Crippen LogP contribution in [0.4, 0.5) is 23.2 Å². The van der Waals surface area contributed by atoms with Gasteiger partial charge in [0.15, 0.2) is 0 Å². The fourth-order valence-electron chi connectivity index (χ4n) is 1.83. The van der Waals surface area contributed by atoms with Gasteiger partial charge >= 0.3 is 6.18 Å². The Bertz CT molecular complexity index is 869. The summed E-state index contributed by atoms with van der Waals surface area (Å²) in [6.45, 7) is 0. The van der Waals surface area contributed by atoms with E-state index in [0.717, 1.165) is 6.07 Å². The number of methoxy groups -OCH3 is 1. The number of anilines is 1. The van der Waals surface area contributed by atoms with Crippen molar-refractivity contribution in [3.8, 4) is 5.75 Å². The molecule has 0 fully saturated rings. The van der Waals surface area contributed by atoms with E-state index in [-0.39, 0.29) is 4.90 Å². The minimum atomic E-state index is -4.94. The second-order valence-electron chi connectivity index (χ2n) is 4.59. The molecule has 0 aromatic heterocycles. The molecule has 2 rings (SSSR count). The van der Waals surface area contributed by atoms with E-state index >= 15 is 0 Å². The van der Waals surface area contributed by atoms with Gasteiger partial charge in [-0.15, -0.1) is 0 Å². The number of rotatable bonds is 4. The summed E-state index contributed by atoms with van der Waals surface area (Å²) in [4.78, 5) is -0.201. The highest BCUT2D eigenvalue weighted by Gasteiger charge is 2.34. The monoisotopic (exact) mass is 427 g/mol. The molecule has 10 heteroatoms. The van der Waals surface area contributed by atoms with Crippen LogP contribution >= 0.6 is 15.9 Å². The van der Waals surface area contributed by atoms with E-state index < -0.39 is 33.3 Å². The van der Waals surface area contributed by atoms with Crippen LogP contribution in [0.3, 0.4) is 0 Å². The summed E-state index contributed by atoms with van der Waals surface area (Å²) in [5, 5.41) is 0. The number of benzene rings is 2. The van der Waals surface area contributed by atoms with Gasteiger partial charge in [-0.25, -0.2) is 12.8 Å². The van der Waals surface area contributed by atoms with Crippen LogP contribution in [0.2, 0.25) is 0 Å². The van der Waals surface area contributed by atoms with Crippen LogP contribution in [-0.4, -0.2) is 15.5 Å². The van der Waals surface area contributed by atoms with Gasteiger partial charge in [0.1, 0.15) is 11.6 Å². The molecule has 4 nitrogen and oxygen atoms in total. The summed E-state index contributed by atoms with van der Waals surface area (Å²) in [6.07, 6.45) is -4.94. The first-order valence-electron chi connectivity index (χ1n) is 6.27. The summed E-state index contributed by atoms with van der Waals surface area (Å²) in [5.41, 5.74) is -1.96. The number of ether oxygens (including phenoxy) is 1. The van der Waals surface area contributed by atoms with Gasteiger partial charge in [-0.1, -0.05) is 0 Å². The largest absolute Gasteiger partial charge is 0.496 e. The lowest BCUT2D eigenvalue weighted by Gasteiger charge is -2.13. The van der Waals surface area contributed by atoms with Gasteiger partial charge in [0.2, 0.25) is 0 Å². The fraction of sp³-hybridized carbons (Fsp3) is 0.143. The third-order valence-electron chi connectivity index (χ3n) is 2.96. The Morgan fingerprint density at radius 1 is 1.12 bits per heavy atom. The molecule has 0 spiro atoms. The molecule has 130 valence electrons. The fourth-order valence-corrected chi connectivity index (χ4v) is 3.60. The zero-order valence-corrected chi connectivity index (χ0v) is 14.4. The highest BCUT2D eigenvalue weighted by atomic mass is 79.9. The van der Waals surface area contributed by atoms with E-state index in [2.05, 4.69) is 15.9 Å². The summed E-state index contributed by atoms with van der Waals surface area (Å²) in [6, 6.07) is 5.68. The Labute approximate surface area is 143 Å². The molecule has 0 heterocycles. The van der Waals surface area contributed by atoms with Gasteiger partial charge in [0.05, 0.1) is 22.0 Å². The average molecular weight is 428 g/mol. The number of nitrogens with one attached hydrogen (secondary N) is 1. The molecule has 0 saturated carbocycles. The molecule has 0 saturated heterocycles. The van der Waals surface area contributed by atoms with Gasteiger partial charge in [0.25, 0.3) is 10.0 Å². The highest BCUT2D eigenvalue weighted by Crippen LogP contribution is 2.34. The van der Waals surface area contributed by atoms with Crippen LogP contribution in [0, 0.1) is 5.82 Å². The lowest BCUT2D eigenvalue weighted by Crippen LogP contribution is -2.15. The Balaban J connectivity index is 2.38. The lowest BCUT2D eigenvalue weighted by atomic mass is 10.2. The molecule has 0 aliphatic rings. The van der Waals surface area contributed by atoms with Crippen molar-refractivity contribution < 1.29 is 30.7 Å². The first kappa shape index (κ1) is 18.5. The van der Waals surface area contributed by atoms with Crippen molar-refractivity contribution in [1.82, 2.24) is 0 Å². The molecule has 0 bridgehead atoms. The van der Waals surface area contributed by atoms with Crippen LogP contribution < -0.4 is 9.46 Å². The normalized spacial score (nSPS) is 12.1. The van der Waals surface area contributed by atoms with Crippen molar-refractivity contribution in [1.29, 1.82) is 0 Å². The van der Waals surface area contributed by atoms with Crippen molar-refractivity contribution in [3.05, 3.63) is 52.3 Å². The smallest absolute Gasteiger partial charge is 0.419 e. The van der Waals surface area contributed by atoms with Crippen LogP contribution in [-0.2, 0) is 16.2 Å². The minimum absolute atomic E-state index is 0.201. The Hall–Kier alpha value is -1.81. The summed E-state index contributed by atoms with van der Waals surface area (Å²) < 4.78 is 83.1. The number of sulfonamides is 1. The van der Waals surface area contributed by atoms with E-state index in [4.69, 9.17) is 4.74 Å². The predicted molar refractivity (Wildman–Crippen MR) is 82.9 cm³/mol. The quantitative estimate of drug-likeness (QED) is 0.734.